The van der Waals surface area contributed by atoms with E-state index in [2.05, 4.69) is 16.3 Å². The van der Waals surface area contributed by atoms with Crippen molar-refractivity contribution in [3.05, 3.63) is 40.9 Å². The Bertz CT molecular complexity index is 674. The fraction of sp³-hybridized carbons (Fsp3) is 0.214. The van der Waals surface area contributed by atoms with Crippen molar-refractivity contribution in [1.82, 2.24) is 4.98 Å². The number of hydrogen-bond donors (Lipinski definition) is 2. The van der Waals surface area contributed by atoms with E-state index in [0.717, 1.165) is 46.1 Å². The first-order valence-electron chi connectivity index (χ1n) is 6.36. The van der Waals surface area contributed by atoms with E-state index in [-0.39, 0.29) is 38.7 Å². The summed E-state index contributed by atoms with van der Waals surface area (Å²) >= 11 is 1.64. The van der Waals surface area contributed by atoms with Gasteiger partial charge >= 0.3 is 0 Å². The van der Waals surface area contributed by atoms with Crippen LogP contribution in [0.5, 0.6) is 0 Å². The second-order valence-electron chi connectivity index (χ2n) is 4.51. The monoisotopic (exact) mass is 373 g/mol. The maximum Gasteiger partial charge on any atom is 0.211 e. The zero-order valence-electron chi connectivity index (χ0n) is 11.4. The number of aryl methyl sites for hydroxylation is 1. The number of fused-ring (bicyclic) bond motifs is 1. The average molecular weight is 373 g/mol. The second-order valence-corrected chi connectivity index (χ2v) is 5.51. The van der Waals surface area contributed by atoms with Gasteiger partial charge in [-0.1, -0.05) is 5.56 Å². The molecule has 0 amide bonds. The van der Waals surface area contributed by atoms with Crippen molar-refractivity contribution in [1.29, 1.82) is 0 Å². The summed E-state index contributed by atoms with van der Waals surface area (Å²) in [5.74, 6) is -0.0204. The maximum atomic E-state index is 5.33. The molecule has 0 spiro atoms. The zero-order valence-corrected chi connectivity index (χ0v) is 15.1. The molecule has 1 aliphatic carbocycles. The third kappa shape index (κ3) is 3.76. The van der Waals surface area contributed by atoms with E-state index in [1.807, 2.05) is 24.3 Å². The van der Waals surface area contributed by atoms with Gasteiger partial charge < -0.3 is 11.5 Å². The third-order valence-corrected chi connectivity index (χ3v) is 4.23. The molecule has 1 aromatic carbocycles. The molecule has 4 N–H and O–H groups in total. The fourth-order valence-electron chi connectivity index (χ4n) is 2.15. The van der Waals surface area contributed by atoms with Crippen LogP contribution >= 0.6 is 11.3 Å². The van der Waals surface area contributed by atoms with Crippen molar-refractivity contribution in [3.63, 3.8) is 0 Å². The minimum absolute atomic E-state index is 0. The molecule has 5 nitrogen and oxygen atoms in total. The summed E-state index contributed by atoms with van der Waals surface area (Å²) in [5.41, 5.74) is 13.8. The summed E-state index contributed by atoms with van der Waals surface area (Å²) in [6, 6.07) is 10.8. The number of hydrogen-bond acceptors (Lipinski definition) is 4. The molecular weight excluding hydrogens is 359 g/mol. The van der Waals surface area contributed by atoms with E-state index < -0.39 is 0 Å². The minimum atomic E-state index is -0.0204. The topological polar surface area (TPSA) is 89.7 Å². The Hall–Kier alpha value is -1.11. The Kier molecular flexibility index (Phi) is 5.61. The molecule has 2 aromatic rings. The SMILES string of the molecule is NC(N)=N/N=C1\CCCc2nc(-c3cc[c-]cc3)sc21.[Y]. The van der Waals surface area contributed by atoms with E-state index in [4.69, 9.17) is 16.5 Å². The summed E-state index contributed by atoms with van der Waals surface area (Å²) < 4.78 is 0. The van der Waals surface area contributed by atoms with Crippen molar-refractivity contribution >= 4 is 23.0 Å². The molecule has 1 aromatic heterocycles. The first-order chi connectivity index (χ1) is 9.74. The van der Waals surface area contributed by atoms with Crippen LogP contribution in [0.3, 0.4) is 0 Å². The van der Waals surface area contributed by atoms with Crippen LogP contribution < -0.4 is 11.5 Å². The van der Waals surface area contributed by atoms with Gasteiger partial charge in [0.05, 0.1) is 21.3 Å². The molecule has 7 heteroatoms. The van der Waals surface area contributed by atoms with Crippen LogP contribution in [0.25, 0.3) is 10.6 Å². The van der Waals surface area contributed by atoms with Gasteiger partial charge in [0.15, 0.2) is 0 Å². The summed E-state index contributed by atoms with van der Waals surface area (Å²) in [4.78, 5) is 5.81. The van der Waals surface area contributed by atoms with Gasteiger partial charge in [0.1, 0.15) is 0 Å². The average Bonchev–Trinajstić information content (AvgIpc) is 2.90. The van der Waals surface area contributed by atoms with Gasteiger partial charge in [0.2, 0.25) is 5.96 Å². The van der Waals surface area contributed by atoms with E-state index in [9.17, 15) is 0 Å². The van der Waals surface area contributed by atoms with Gasteiger partial charge in [-0.05, 0) is 19.3 Å². The molecule has 0 bridgehead atoms. The quantitative estimate of drug-likeness (QED) is 0.365. The first kappa shape index (κ1) is 16.3. The smallest absolute Gasteiger partial charge is 0.211 e. The van der Waals surface area contributed by atoms with Crippen LogP contribution in [0.4, 0.5) is 0 Å². The van der Waals surface area contributed by atoms with Gasteiger partial charge in [-0.3, -0.25) is 0 Å². The van der Waals surface area contributed by atoms with E-state index in [1.54, 1.807) is 11.3 Å². The number of benzene rings is 1. The van der Waals surface area contributed by atoms with Gasteiger partial charge in [-0.25, -0.2) is 4.98 Å². The summed E-state index contributed by atoms with van der Waals surface area (Å²) in [6.07, 6.45) is 2.89. The molecule has 3 rings (SSSR count). The summed E-state index contributed by atoms with van der Waals surface area (Å²) in [5, 5.41) is 8.92. The van der Waals surface area contributed by atoms with Gasteiger partial charge in [-0.15, -0.1) is 16.4 Å². The van der Waals surface area contributed by atoms with Crippen molar-refractivity contribution < 1.29 is 32.7 Å². The standard InChI is InChI=1S/C14H14N5S.Y/c15-14(16)19-18-11-8-4-7-10-12(11)20-13(17-10)9-5-2-1-3-6-9;/h2-3,5-6H,4,7-8H2,(H4,15,16,19);/q-1;/b18-11+;. The molecule has 0 saturated carbocycles. The summed E-state index contributed by atoms with van der Waals surface area (Å²) in [6.45, 7) is 0. The second kappa shape index (κ2) is 7.25. The molecule has 1 radical (unpaired) electrons. The number of guanidine groups is 1. The zero-order chi connectivity index (χ0) is 13.9. The number of rotatable bonds is 2. The largest absolute Gasteiger partial charge is 0.369 e. The number of thiazole rings is 1. The van der Waals surface area contributed by atoms with Crippen LogP contribution in [-0.4, -0.2) is 16.7 Å². The van der Waals surface area contributed by atoms with E-state index >= 15 is 0 Å². The van der Waals surface area contributed by atoms with Crippen molar-refractivity contribution in [2.75, 3.05) is 0 Å². The molecule has 0 saturated heterocycles. The Balaban J connectivity index is 0.00000161. The first-order valence-corrected chi connectivity index (χ1v) is 7.17. The fourth-order valence-corrected chi connectivity index (χ4v) is 3.28. The Morgan fingerprint density at radius 3 is 2.71 bits per heavy atom. The van der Waals surface area contributed by atoms with Gasteiger partial charge in [0, 0.05) is 32.7 Å². The third-order valence-electron chi connectivity index (χ3n) is 3.04. The molecule has 105 valence electrons. The van der Waals surface area contributed by atoms with Crippen LogP contribution in [0.2, 0.25) is 0 Å². The van der Waals surface area contributed by atoms with Gasteiger partial charge in [-0.2, -0.15) is 35.4 Å². The van der Waals surface area contributed by atoms with Crippen molar-refractivity contribution in [3.8, 4) is 10.6 Å². The van der Waals surface area contributed by atoms with Crippen molar-refractivity contribution in [2.45, 2.75) is 19.3 Å². The van der Waals surface area contributed by atoms with Crippen LogP contribution in [0.1, 0.15) is 23.4 Å². The number of nitrogens with zero attached hydrogens (tertiary/aromatic N) is 3. The molecular formula is C14H14N5SY-. The normalized spacial score (nSPS) is 15.1. The van der Waals surface area contributed by atoms with Crippen LogP contribution in [0, 0.1) is 6.07 Å². The maximum absolute atomic E-state index is 5.33. The van der Waals surface area contributed by atoms with E-state index in [1.165, 1.54) is 0 Å². The number of nitrogens with two attached hydrogens (primary N) is 2. The van der Waals surface area contributed by atoms with Crippen LogP contribution in [-0.2, 0) is 39.1 Å². The Morgan fingerprint density at radius 2 is 2.00 bits per heavy atom. The van der Waals surface area contributed by atoms with Crippen LogP contribution in [0.15, 0.2) is 34.5 Å². The molecule has 0 aliphatic heterocycles. The predicted octanol–water partition coefficient (Wildman–Crippen LogP) is 1.92. The molecule has 1 heterocycles. The molecule has 0 unspecified atom stereocenters. The molecule has 0 atom stereocenters. The Labute approximate surface area is 152 Å². The van der Waals surface area contributed by atoms with Crippen molar-refractivity contribution in [2.24, 2.45) is 21.7 Å². The van der Waals surface area contributed by atoms with E-state index in [0.29, 0.717) is 0 Å². The predicted molar refractivity (Wildman–Crippen MR) is 81.7 cm³/mol. The minimum Gasteiger partial charge on any atom is -0.369 e. The molecule has 21 heavy (non-hydrogen) atoms. The molecule has 0 fully saturated rings. The number of aromatic nitrogens is 1. The van der Waals surface area contributed by atoms with Gasteiger partial charge in [0.25, 0.3) is 0 Å². The summed E-state index contributed by atoms with van der Waals surface area (Å²) in [7, 11) is 0. The molecule has 1 aliphatic rings. The Morgan fingerprint density at radius 1 is 1.24 bits per heavy atom.